The molecule has 2 aromatic heterocycles. The number of rotatable bonds is 3. The standard InChI is InChI=1S/C21H18N6/c1-14-12-16-6-2-3-10-18(16)27(14)19-13-23-26-21(25-19)24-17-9-4-7-15-8-5-11-22-20(15)17/h2-11,13-14H,12H2,1H3,(H,24,25,26). The Balaban J connectivity index is 1.51. The van der Waals surface area contributed by atoms with Crippen LogP contribution in [0.15, 0.2) is 67.0 Å². The van der Waals surface area contributed by atoms with Gasteiger partial charge in [0.15, 0.2) is 5.82 Å². The van der Waals surface area contributed by atoms with E-state index in [4.69, 9.17) is 4.98 Å². The summed E-state index contributed by atoms with van der Waals surface area (Å²) >= 11 is 0. The van der Waals surface area contributed by atoms with Crippen LogP contribution in [0.2, 0.25) is 0 Å². The maximum Gasteiger partial charge on any atom is 0.249 e. The minimum Gasteiger partial charge on any atom is -0.322 e. The molecule has 6 nitrogen and oxygen atoms in total. The van der Waals surface area contributed by atoms with Gasteiger partial charge >= 0.3 is 0 Å². The summed E-state index contributed by atoms with van der Waals surface area (Å²) in [6, 6.07) is 18.7. The number of benzene rings is 2. The predicted octanol–water partition coefficient (Wildman–Crippen LogP) is 4.25. The summed E-state index contributed by atoms with van der Waals surface area (Å²) in [5, 5.41) is 12.7. The zero-order valence-electron chi connectivity index (χ0n) is 14.9. The van der Waals surface area contributed by atoms with Gasteiger partial charge in [0.05, 0.1) is 17.4 Å². The number of fused-ring (bicyclic) bond motifs is 2. The van der Waals surface area contributed by atoms with Gasteiger partial charge in [-0.3, -0.25) is 4.98 Å². The third kappa shape index (κ3) is 2.75. The van der Waals surface area contributed by atoms with Gasteiger partial charge in [-0.2, -0.15) is 10.1 Å². The molecule has 1 atom stereocenters. The number of pyridine rings is 1. The lowest BCUT2D eigenvalue weighted by molar-refractivity contribution is 0.745. The smallest absolute Gasteiger partial charge is 0.249 e. The lowest BCUT2D eigenvalue weighted by atomic mass is 10.1. The van der Waals surface area contributed by atoms with E-state index in [-0.39, 0.29) is 0 Å². The molecule has 0 fully saturated rings. The van der Waals surface area contributed by atoms with Gasteiger partial charge in [-0.05, 0) is 37.1 Å². The molecule has 1 aliphatic heterocycles. The van der Waals surface area contributed by atoms with Crippen molar-refractivity contribution in [2.24, 2.45) is 0 Å². The van der Waals surface area contributed by atoms with Gasteiger partial charge in [-0.1, -0.05) is 36.4 Å². The summed E-state index contributed by atoms with van der Waals surface area (Å²) < 4.78 is 0. The molecule has 0 spiro atoms. The van der Waals surface area contributed by atoms with Crippen molar-refractivity contribution < 1.29 is 0 Å². The van der Waals surface area contributed by atoms with Crippen molar-refractivity contribution in [3.63, 3.8) is 0 Å². The quantitative estimate of drug-likeness (QED) is 0.593. The van der Waals surface area contributed by atoms with Gasteiger partial charge in [0.2, 0.25) is 5.95 Å². The van der Waals surface area contributed by atoms with Gasteiger partial charge in [-0.15, -0.1) is 5.10 Å². The molecular formula is C21H18N6. The fourth-order valence-electron chi connectivity index (χ4n) is 3.70. The molecule has 0 radical (unpaired) electrons. The predicted molar refractivity (Wildman–Crippen MR) is 107 cm³/mol. The molecule has 1 aliphatic rings. The van der Waals surface area contributed by atoms with Crippen LogP contribution in [0.25, 0.3) is 10.9 Å². The van der Waals surface area contributed by atoms with Crippen LogP contribution in [-0.2, 0) is 6.42 Å². The second-order valence-electron chi connectivity index (χ2n) is 6.70. The summed E-state index contributed by atoms with van der Waals surface area (Å²) in [4.78, 5) is 11.4. The monoisotopic (exact) mass is 354 g/mol. The van der Waals surface area contributed by atoms with E-state index in [9.17, 15) is 0 Å². The molecule has 0 aliphatic carbocycles. The number of nitrogens with one attached hydrogen (secondary N) is 1. The van der Waals surface area contributed by atoms with E-state index in [0.717, 1.165) is 28.8 Å². The lowest BCUT2D eigenvalue weighted by Crippen LogP contribution is -2.25. The maximum atomic E-state index is 4.72. The normalized spacial score (nSPS) is 15.7. The summed E-state index contributed by atoms with van der Waals surface area (Å²) in [7, 11) is 0. The molecule has 1 unspecified atom stereocenters. The molecular weight excluding hydrogens is 336 g/mol. The third-order valence-corrected chi connectivity index (χ3v) is 4.88. The highest BCUT2D eigenvalue weighted by atomic mass is 15.3. The van der Waals surface area contributed by atoms with E-state index >= 15 is 0 Å². The number of nitrogens with zero attached hydrogens (tertiary/aromatic N) is 5. The Morgan fingerprint density at radius 2 is 1.93 bits per heavy atom. The van der Waals surface area contributed by atoms with Gasteiger partial charge in [0, 0.05) is 23.3 Å². The molecule has 2 aromatic carbocycles. The van der Waals surface area contributed by atoms with Gasteiger partial charge < -0.3 is 10.2 Å². The zero-order valence-corrected chi connectivity index (χ0v) is 14.9. The molecule has 5 rings (SSSR count). The van der Waals surface area contributed by atoms with E-state index in [0.29, 0.717) is 12.0 Å². The van der Waals surface area contributed by atoms with Crippen LogP contribution in [0.4, 0.5) is 23.1 Å². The summed E-state index contributed by atoms with van der Waals surface area (Å²) in [6.45, 7) is 2.20. The Bertz CT molecular complexity index is 1120. The second-order valence-corrected chi connectivity index (χ2v) is 6.70. The molecule has 0 saturated carbocycles. The highest BCUT2D eigenvalue weighted by molar-refractivity contribution is 5.91. The minimum absolute atomic E-state index is 0.325. The summed E-state index contributed by atoms with van der Waals surface area (Å²) in [6.07, 6.45) is 4.49. The van der Waals surface area contributed by atoms with Gasteiger partial charge in [0.1, 0.15) is 0 Å². The van der Waals surface area contributed by atoms with Crippen LogP contribution in [0, 0.1) is 0 Å². The fraction of sp³-hybridized carbons (Fsp3) is 0.143. The van der Waals surface area contributed by atoms with Gasteiger partial charge in [0.25, 0.3) is 0 Å². The number of anilines is 4. The maximum absolute atomic E-state index is 4.72. The number of hydrogen-bond acceptors (Lipinski definition) is 6. The first-order chi connectivity index (χ1) is 13.3. The Kier molecular flexibility index (Phi) is 3.67. The van der Waals surface area contributed by atoms with Crippen LogP contribution in [-0.4, -0.2) is 26.2 Å². The topological polar surface area (TPSA) is 66.8 Å². The summed E-state index contributed by atoms with van der Waals surface area (Å²) in [5.41, 5.74) is 4.26. The first kappa shape index (κ1) is 15.7. The average molecular weight is 354 g/mol. The third-order valence-electron chi connectivity index (χ3n) is 4.88. The largest absolute Gasteiger partial charge is 0.322 e. The minimum atomic E-state index is 0.325. The van der Waals surface area contributed by atoms with E-state index < -0.39 is 0 Å². The molecule has 4 aromatic rings. The van der Waals surface area contributed by atoms with Crippen LogP contribution >= 0.6 is 0 Å². The zero-order chi connectivity index (χ0) is 18.2. The molecule has 0 saturated heterocycles. The number of hydrogen-bond donors (Lipinski definition) is 1. The van der Waals surface area contributed by atoms with Crippen molar-refractivity contribution in [1.29, 1.82) is 0 Å². The average Bonchev–Trinajstić information content (AvgIpc) is 3.04. The Labute approximate surface area is 156 Å². The SMILES string of the molecule is CC1Cc2ccccc2N1c1cnnc(Nc2cccc3cccnc23)n1. The number of aromatic nitrogens is 4. The van der Waals surface area contributed by atoms with Crippen molar-refractivity contribution in [3.8, 4) is 0 Å². The first-order valence-corrected chi connectivity index (χ1v) is 8.97. The molecule has 132 valence electrons. The molecule has 0 amide bonds. The van der Waals surface area contributed by atoms with Crippen molar-refractivity contribution in [2.75, 3.05) is 10.2 Å². The van der Waals surface area contributed by atoms with Crippen molar-refractivity contribution in [1.82, 2.24) is 20.2 Å². The summed E-state index contributed by atoms with van der Waals surface area (Å²) in [5.74, 6) is 1.25. The highest BCUT2D eigenvalue weighted by Crippen LogP contribution is 2.37. The van der Waals surface area contributed by atoms with Crippen molar-refractivity contribution in [2.45, 2.75) is 19.4 Å². The van der Waals surface area contributed by atoms with E-state index in [1.54, 1.807) is 12.4 Å². The Hall–Kier alpha value is -3.54. The van der Waals surface area contributed by atoms with Crippen LogP contribution in [0.3, 0.4) is 0 Å². The van der Waals surface area contributed by atoms with E-state index in [1.165, 1.54) is 11.3 Å². The van der Waals surface area contributed by atoms with Crippen LogP contribution in [0.1, 0.15) is 12.5 Å². The van der Waals surface area contributed by atoms with Crippen LogP contribution in [0.5, 0.6) is 0 Å². The first-order valence-electron chi connectivity index (χ1n) is 8.97. The number of para-hydroxylation sites is 2. The van der Waals surface area contributed by atoms with Crippen LogP contribution < -0.4 is 10.2 Å². The molecule has 0 bridgehead atoms. The van der Waals surface area contributed by atoms with Gasteiger partial charge in [-0.25, -0.2) is 0 Å². The molecule has 1 N–H and O–H groups in total. The molecule has 3 heterocycles. The lowest BCUT2D eigenvalue weighted by Gasteiger charge is -2.23. The Morgan fingerprint density at radius 1 is 1.04 bits per heavy atom. The highest BCUT2D eigenvalue weighted by Gasteiger charge is 2.28. The molecule has 27 heavy (non-hydrogen) atoms. The van der Waals surface area contributed by atoms with E-state index in [2.05, 4.69) is 56.6 Å². The fourth-order valence-corrected chi connectivity index (χ4v) is 3.70. The molecule has 6 heteroatoms. The van der Waals surface area contributed by atoms with Crippen molar-refractivity contribution >= 4 is 34.0 Å². The van der Waals surface area contributed by atoms with E-state index in [1.807, 2.05) is 30.3 Å². The Morgan fingerprint density at radius 3 is 2.89 bits per heavy atom. The second kappa shape index (κ2) is 6.32. The van der Waals surface area contributed by atoms with Crippen molar-refractivity contribution in [3.05, 3.63) is 72.6 Å².